The lowest BCUT2D eigenvalue weighted by Gasteiger charge is -2.19. The quantitative estimate of drug-likeness (QED) is 0.254. The number of aromatic nitrogens is 3. The topological polar surface area (TPSA) is 106 Å². The van der Waals surface area contributed by atoms with Gasteiger partial charge < -0.3 is 10.1 Å². The summed E-state index contributed by atoms with van der Waals surface area (Å²) < 4.78 is 34.7. The molecule has 4 rings (SSSR count). The van der Waals surface area contributed by atoms with E-state index in [2.05, 4.69) is 15.5 Å². The zero-order valence-corrected chi connectivity index (χ0v) is 23.7. The van der Waals surface area contributed by atoms with Gasteiger partial charge in [0.2, 0.25) is 15.9 Å². The van der Waals surface area contributed by atoms with Crippen molar-refractivity contribution < 1.29 is 17.9 Å². The van der Waals surface area contributed by atoms with Crippen LogP contribution in [-0.4, -0.2) is 59.3 Å². The number of carbonyl (C=O) groups is 1. The molecule has 1 N–H and O–H groups in total. The number of rotatable bonds is 12. The Morgan fingerprint density at radius 1 is 0.974 bits per heavy atom. The van der Waals surface area contributed by atoms with E-state index >= 15 is 0 Å². The van der Waals surface area contributed by atoms with Crippen molar-refractivity contribution in [2.45, 2.75) is 30.4 Å². The lowest BCUT2D eigenvalue weighted by Crippen LogP contribution is -2.30. The molecule has 0 aliphatic heterocycles. The maximum atomic E-state index is 13.1. The number of carbonyl (C=O) groups excluding carboxylic acids is 1. The molecule has 0 saturated carbocycles. The van der Waals surface area contributed by atoms with Gasteiger partial charge in [0.15, 0.2) is 11.0 Å². The number of para-hydroxylation sites is 1. The molecular formula is C28H31N5O4S2. The molecule has 39 heavy (non-hydrogen) atoms. The van der Waals surface area contributed by atoms with E-state index in [0.717, 1.165) is 17.0 Å². The zero-order chi connectivity index (χ0) is 27.8. The number of amides is 1. The van der Waals surface area contributed by atoms with Gasteiger partial charge in [-0.1, -0.05) is 68.1 Å². The van der Waals surface area contributed by atoms with Gasteiger partial charge in [0.05, 0.1) is 17.8 Å². The highest BCUT2D eigenvalue weighted by atomic mass is 32.2. The van der Waals surface area contributed by atoms with Crippen LogP contribution in [0.4, 0.5) is 0 Å². The van der Waals surface area contributed by atoms with E-state index in [1.54, 1.807) is 31.4 Å². The number of sulfonamides is 1. The number of hydrogen-bond acceptors (Lipinski definition) is 7. The van der Waals surface area contributed by atoms with E-state index in [0.29, 0.717) is 36.2 Å². The fourth-order valence-electron chi connectivity index (χ4n) is 3.99. The molecule has 0 fully saturated rings. The minimum atomic E-state index is -3.65. The van der Waals surface area contributed by atoms with Gasteiger partial charge in [-0.05, 0) is 42.0 Å². The molecule has 0 aliphatic rings. The van der Waals surface area contributed by atoms with Crippen LogP contribution in [0.2, 0.25) is 0 Å². The van der Waals surface area contributed by atoms with Gasteiger partial charge in [-0.25, -0.2) is 8.42 Å². The van der Waals surface area contributed by atoms with E-state index in [1.807, 2.05) is 73.0 Å². The summed E-state index contributed by atoms with van der Waals surface area (Å²) in [7, 11) is -2.04. The molecule has 1 amide bonds. The second-order valence-corrected chi connectivity index (χ2v) is 11.4. The normalized spacial score (nSPS) is 11.5. The third kappa shape index (κ3) is 6.67. The first kappa shape index (κ1) is 28.3. The Hall–Kier alpha value is -3.67. The molecule has 0 spiro atoms. The maximum Gasteiger partial charge on any atom is 0.243 e. The molecule has 4 aromatic rings. The van der Waals surface area contributed by atoms with Crippen molar-refractivity contribution in [2.24, 2.45) is 0 Å². The average molecular weight is 566 g/mol. The highest BCUT2D eigenvalue weighted by molar-refractivity contribution is 7.99. The molecule has 1 heterocycles. The third-order valence-corrected chi connectivity index (χ3v) is 9.04. The van der Waals surface area contributed by atoms with Crippen LogP contribution in [0.3, 0.4) is 0 Å². The fraction of sp³-hybridized carbons (Fsp3) is 0.250. The Morgan fingerprint density at radius 2 is 1.69 bits per heavy atom. The van der Waals surface area contributed by atoms with E-state index in [1.165, 1.54) is 16.1 Å². The lowest BCUT2D eigenvalue weighted by molar-refractivity contribution is -0.118. The summed E-state index contributed by atoms with van der Waals surface area (Å²) in [5.41, 5.74) is 2.37. The van der Waals surface area contributed by atoms with Crippen LogP contribution in [0.15, 0.2) is 88.9 Å². The Morgan fingerprint density at radius 3 is 2.36 bits per heavy atom. The van der Waals surface area contributed by atoms with E-state index in [4.69, 9.17) is 4.74 Å². The first-order chi connectivity index (χ1) is 18.9. The Bertz CT molecular complexity index is 1500. The number of benzene rings is 3. The molecule has 9 nitrogen and oxygen atoms in total. The second kappa shape index (κ2) is 12.9. The van der Waals surface area contributed by atoms with Crippen LogP contribution in [0, 0.1) is 0 Å². The van der Waals surface area contributed by atoms with E-state index in [9.17, 15) is 13.2 Å². The van der Waals surface area contributed by atoms with Gasteiger partial charge in [-0.2, -0.15) is 4.31 Å². The molecule has 11 heteroatoms. The van der Waals surface area contributed by atoms with Gasteiger partial charge >= 0.3 is 0 Å². The predicted octanol–water partition coefficient (Wildman–Crippen LogP) is 4.38. The van der Waals surface area contributed by atoms with Crippen LogP contribution < -0.4 is 10.1 Å². The Labute approximate surface area is 233 Å². The summed E-state index contributed by atoms with van der Waals surface area (Å²) in [6, 6.07) is 23.8. The summed E-state index contributed by atoms with van der Waals surface area (Å²) >= 11 is 1.26. The van der Waals surface area contributed by atoms with Gasteiger partial charge in [0, 0.05) is 30.9 Å². The van der Waals surface area contributed by atoms with Crippen LogP contribution in [0.1, 0.15) is 19.4 Å². The van der Waals surface area contributed by atoms with Crippen molar-refractivity contribution in [1.29, 1.82) is 0 Å². The number of nitrogens with zero attached hydrogens (tertiary/aromatic N) is 4. The molecule has 204 valence electrons. The number of thioether (sulfide) groups is 1. The summed E-state index contributed by atoms with van der Waals surface area (Å²) in [5.74, 6) is 1.23. The maximum absolute atomic E-state index is 13.1. The zero-order valence-electron chi connectivity index (χ0n) is 22.1. The molecule has 0 radical (unpaired) electrons. The monoisotopic (exact) mass is 565 g/mol. The fourth-order valence-corrected chi connectivity index (χ4v) is 6.28. The first-order valence-electron chi connectivity index (χ1n) is 12.5. The molecule has 1 aromatic heterocycles. The van der Waals surface area contributed by atoms with Gasteiger partial charge in [0.1, 0.15) is 5.75 Å². The average Bonchev–Trinajstić information content (AvgIpc) is 3.40. The number of hydrogen-bond donors (Lipinski definition) is 1. The van der Waals surface area contributed by atoms with Crippen molar-refractivity contribution in [3.63, 3.8) is 0 Å². The summed E-state index contributed by atoms with van der Waals surface area (Å²) in [6.45, 7) is 4.78. The highest BCUT2D eigenvalue weighted by Gasteiger charge is 2.24. The van der Waals surface area contributed by atoms with Crippen LogP contribution in [-0.2, 0) is 21.4 Å². The molecular weight excluding hydrogens is 534 g/mol. The minimum Gasteiger partial charge on any atom is -0.497 e. The Balaban J connectivity index is 1.57. The van der Waals surface area contributed by atoms with Crippen molar-refractivity contribution in [2.75, 3.05) is 26.0 Å². The highest BCUT2D eigenvalue weighted by Crippen LogP contribution is 2.29. The second-order valence-electron chi connectivity index (χ2n) is 8.51. The van der Waals surface area contributed by atoms with Crippen LogP contribution >= 0.6 is 11.8 Å². The van der Waals surface area contributed by atoms with Crippen molar-refractivity contribution in [3.05, 3.63) is 84.4 Å². The molecule has 0 saturated heterocycles. The lowest BCUT2D eigenvalue weighted by atomic mass is 10.2. The van der Waals surface area contributed by atoms with E-state index < -0.39 is 10.0 Å². The molecule has 0 bridgehead atoms. The summed E-state index contributed by atoms with van der Waals surface area (Å²) in [5, 5.41) is 12.2. The third-order valence-electron chi connectivity index (χ3n) is 6.06. The molecule has 0 unspecified atom stereocenters. The number of nitrogens with one attached hydrogen (secondary N) is 1. The van der Waals surface area contributed by atoms with E-state index in [-0.39, 0.29) is 16.6 Å². The predicted molar refractivity (Wildman–Crippen MR) is 152 cm³/mol. The summed E-state index contributed by atoms with van der Waals surface area (Å²) in [6.07, 6.45) is 0. The van der Waals surface area contributed by atoms with Gasteiger partial charge in [-0.15, -0.1) is 10.2 Å². The van der Waals surface area contributed by atoms with Gasteiger partial charge in [0.25, 0.3) is 0 Å². The van der Waals surface area contributed by atoms with Crippen molar-refractivity contribution >= 4 is 27.7 Å². The molecule has 0 atom stereocenters. The molecule has 3 aromatic carbocycles. The van der Waals surface area contributed by atoms with Crippen molar-refractivity contribution in [3.8, 4) is 22.8 Å². The van der Waals surface area contributed by atoms with Crippen molar-refractivity contribution in [1.82, 2.24) is 24.4 Å². The number of ether oxygens (including phenoxy) is 1. The van der Waals surface area contributed by atoms with Crippen LogP contribution in [0.25, 0.3) is 17.1 Å². The van der Waals surface area contributed by atoms with Gasteiger partial charge in [-0.3, -0.25) is 9.36 Å². The Kier molecular flexibility index (Phi) is 9.39. The summed E-state index contributed by atoms with van der Waals surface area (Å²) in [4.78, 5) is 12.8. The number of methoxy groups -OCH3 is 1. The standard InChI is InChI=1S/C28H31N5O4S2/c1-4-32(5-2)39(35,36)25-13-9-10-22(18-25)27-30-31-28(33(27)23-11-7-6-8-12-23)38-20-26(34)29-19-21-14-16-24(37-3)17-15-21/h6-18H,4-5,19-20H2,1-3H3,(H,29,34). The first-order valence-corrected chi connectivity index (χ1v) is 14.9. The smallest absolute Gasteiger partial charge is 0.243 e. The SMILES string of the molecule is CCN(CC)S(=O)(=O)c1cccc(-c2nnc(SCC(=O)NCc3ccc(OC)cc3)n2-c2ccccc2)c1. The van der Waals surface area contributed by atoms with Crippen LogP contribution in [0.5, 0.6) is 5.75 Å². The largest absolute Gasteiger partial charge is 0.497 e. The minimum absolute atomic E-state index is 0.136. The molecule has 0 aliphatic carbocycles.